The number of nitrogens with zero attached hydrogens (tertiary/aromatic N) is 1. The van der Waals surface area contributed by atoms with Crippen molar-refractivity contribution in [3.63, 3.8) is 0 Å². The fourth-order valence-corrected chi connectivity index (χ4v) is 4.63. The van der Waals surface area contributed by atoms with Crippen molar-refractivity contribution >= 4 is 29.0 Å². The first-order valence-electron chi connectivity index (χ1n) is 9.87. The van der Waals surface area contributed by atoms with Crippen LogP contribution in [0.15, 0.2) is 53.4 Å². The Bertz CT molecular complexity index is 785. The van der Waals surface area contributed by atoms with E-state index >= 15 is 0 Å². The van der Waals surface area contributed by atoms with Crippen molar-refractivity contribution in [2.75, 3.05) is 48.9 Å². The van der Waals surface area contributed by atoms with Gasteiger partial charge in [0.05, 0.1) is 24.9 Å². The molecule has 2 aromatic carbocycles. The summed E-state index contributed by atoms with van der Waals surface area (Å²) in [6.07, 6.45) is 2.54. The van der Waals surface area contributed by atoms with E-state index < -0.39 is 0 Å². The summed E-state index contributed by atoms with van der Waals surface area (Å²) in [6.45, 7) is 4.19. The molecule has 0 radical (unpaired) electrons. The fourth-order valence-electron chi connectivity index (χ4n) is 3.51. The lowest BCUT2D eigenvalue weighted by Gasteiger charge is -2.28. The highest BCUT2D eigenvalue weighted by Crippen LogP contribution is 2.27. The van der Waals surface area contributed by atoms with Crippen molar-refractivity contribution in [2.24, 2.45) is 0 Å². The van der Waals surface area contributed by atoms with Gasteiger partial charge in [-0.15, -0.1) is 11.8 Å². The van der Waals surface area contributed by atoms with E-state index in [0.29, 0.717) is 11.7 Å². The third-order valence-corrected chi connectivity index (χ3v) is 6.29. The molecule has 0 spiro atoms. The molecule has 1 atom stereocenters. The van der Waals surface area contributed by atoms with Gasteiger partial charge < -0.3 is 19.7 Å². The first-order valence-corrected chi connectivity index (χ1v) is 10.9. The Kier molecular flexibility index (Phi) is 6.52. The van der Waals surface area contributed by atoms with Crippen LogP contribution in [-0.4, -0.2) is 50.7 Å². The van der Waals surface area contributed by atoms with E-state index in [4.69, 9.17) is 9.47 Å². The predicted molar refractivity (Wildman–Crippen MR) is 114 cm³/mol. The molecule has 1 N–H and O–H groups in total. The van der Waals surface area contributed by atoms with Crippen molar-refractivity contribution in [2.45, 2.75) is 23.8 Å². The van der Waals surface area contributed by atoms with Gasteiger partial charge in [-0.1, -0.05) is 12.1 Å². The molecule has 0 unspecified atom stereocenters. The SMILES string of the molecule is O=C(Nc1ccc(N2CCOCC2)cc1)c1ccccc1SC[C@@H]1CCCO1. The molecule has 2 aliphatic rings. The number of thioether (sulfide) groups is 1. The summed E-state index contributed by atoms with van der Waals surface area (Å²) in [6, 6.07) is 15.8. The maximum Gasteiger partial charge on any atom is 0.256 e. The number of carbonyl (C=O) groups excluding carboxylic acids is 1. The molecule has 0 bridgehead atoms. The molecule has 6 heteroatoms. The van der Waals surface area contributed by atoms with Gasteiger partial charge in [0.2, 0.25) is 0 Å². The van der Waals surface area contributed by atoms with Crippen LogP contribution in [0.4, 0.5) is 11.4 Å². The molecule has 2 heterocycles. The van der Waals surface area contributed by atoms with Crippen molar-refractivity contribution in [3.05, 3.63) is 54.1 Å². The van der Waals surface area contributed by atoms with Crippen LogP contribution in [-0.2, 0) is 9.47 Å². The maximum absolute atomic E-state index is 12.8. The topological polar surface area (TPSA) is 50.8 Å². The molecular weight excluding hydrogens is 372 g/mol. The maximum atomic E-state index is 12.8. The molecule has 2 fully saturated rings. The highest BCUT2D eigenvalue weighted by atomic mass is 32.2. The standard InChI is InChI=1S/C22H26N2O3S/c25-22(20-5-1-2-6-21(20)28-16-19-4-3-13-27-19)23-17-7-9-18(10-8-17)24-11-14-26-15-12-24/h1-2,5-10,19H,3-4,11-16H2,(H,23,25)/t19-/m0/s1. The minimum absolute atomic E-state index is 0.0745. The molecule has 1 amide bonds. The molecule has 2 aliphatic heterocycles. The van der Waals surface area contributed by atoms with Crippen molar-refractivity contribution < 1.29 is 14.3 Å². The number of benzene rings is 2. The third kappa shape index (κ3) is 4.87. The number of nitrogens with one attached hydrogen (secondary N) is 1. The van der Waals surface area contributed by atoms with Gasteiger partial charge in [-0.05, 0) is 49.2 Å². The predicted octanol–water partition coefficient (Wildman–Crippen LogP) is 4.05. The lowest BCUT2D eigenvalue weighted by molar-refractivity contribution is 0.102. The summed E-state index contributed by atoms with van der Waals surface area (Å²) in [5.74, 6) is 0.813. The van der Waals surface area contributed by atoms with Crippen molar-refractivity contribution in [3.8, 4) is 0 Å². The first kappa shape index (κ1) is 19.3. The number of rotatable bonds is 6. The summed E-state index contributed by atoms with van der Waals surface area (Å²) in [5.41, 5.74) is 2.68. The number of amides is 1. The Morgan fingerprint density at radius 1 is 1.07 bits per heavy atom. The second-order valence-corrected chi connectivity index (χ2v) is 8.10. The van der Waals surface area contributed by atoms with Crippen LogP contribution in [0.3, 0.4) is 0 Å². The number of anilines is 2. The van der Waals surface area contributed by atoms with Gasteiger partial charge in [0.1, 0.15) is 0 Å². The van der Waals surface area contributed by atoms with Crippen LogP contribution in [0.5, 0.6) is 0 Å². The van der Waals surface area contributed by atoms with E-state index in [1.807, 2.05) is 36.4 Å². The number of morpholine rings is 1. The molecule has 28 heavy (non-hydrogen) atoms. The average Bonchev–Trinajstić information content (AvgIpc) is 3.27. The Morgan fingerprint density at radius 3 is 2.61 bits per heavy atom. The quantitative estimate of drug-likeness (QED) is 0.744. The minimum atomic E-state index is -0.0745. The summed E-state index contributed by atoms with van der Waals surface area (Å²) < 4.78 is 11.1. The van der Waals surface area contributed by atoms with E-state index in [-0.39, 0.29) is 5.91 Å². The van der Waals surface area contributed by atoms with E-state index in [2.05, 4.69) is 22.3 Å². The first-order chi connectivity index (χ1) is 13.8. The number of hydrogen-bond acceptors (Lipinski definition) is 5. The molecule has 5 nitrogen and oxygen atoms in total. The van der Waals surface area contributed by atoms with Crippen LogP contribution in [0, 0.1) is 0 Å². The number of ether oxygens (including phenoxy) is 2. The van der Waals surface area contributed by atoms with Crippen LogP contribution < -0.4 is 10.2 Å². The van der Waals surface area contributed by atoms with Gasteiger partial charge in [-0.2, -0.15) is 0 Å². The zero-order chi connectivity index (χ0) is 19.2. The molecule has 4 rings (SSSR count). The summed E-state index contributed by atoms with van der Waals surface area (Å²) in [4.78, 5) is 16.1. The van der Waals surface area contributed by atoms with Crippen molar-refractivity contribution in [1.29, 1.82) is 0 Å². The largest absolute Gasteiger partial charge is 0.378 e. The van der Waals surface area contributed by atoms with Gasteiger partial charge in [0.25, 0.3) is 5.91 Å². The highest BCUT2D eigenvalue weighted by Gasteiger charge is 2.18. The Morgan fingerprint density at radius 2 is 1.86 bits per heavy atom. The van der Waals surface area contributed by atoms with Crippen LogP contribution >= 0.6 is 11.8 Å². The normalized spacial score (nSPS) is 19.6. The Labute approximate surface area is 170 Å². The second kappa shape index (κ2) is 9.45. The molecule has 2 aromatic rings. The van der Waals surface area contributed by atoms with Gasteiger partial charge in [0.15, 0.2) is 0 Å². The molecule has 0 aromatic heterocycles. The molecule has 148 valence electrons. The van der Waals surface area contributed by atoms with E-state index in [9.17, 15) is 4.79 Å². The zero-order valence-corrected chi connectivity index (χ0v) is 16.7. The van der Waals surface area contributed by atoms with Gasteiger partial charge in [0, 0.05) is 41.7 Å². The lowest BCUT2D eigenvalue weighted by atomic mass is 10.2. The van der Waals surface area contributed by atoms with Gasteiger partial charge in [-0.3, -0.25) is 4.79 Å². The number of carbonyl (C=O) groups is 1. The van der Waals surface area contributed by atoms with Gasteiger partial charge in [-0.25, -0.2) is 0 Å². The van der Waals surface area contributed by atoms with E-state index in [1.54, 1.807) is 11.8 Å². The third-order valence-electron chi connectivity index (χ3n) is 5.08. The highest BCUT2D eigenvalue weighted by molar-refractivity contribution is 7.99. The summed E-state index contributed by atoms with van der Waals surface area (Å²) >= 11 is 1.70. The van der Waals surface area contributed by atoms with Crippen LogP contribution in [0.2, 0.25) is 0 Å². The number of hydrogen-bond donors (Lipinski definition) is 1. The van der Waals surface area contributed by atoms with Gasteiger partial charge >= 0.3 is 0 Å². The Hall–Kier alpha value is -2.02. The smallest absolute Gasteiger partial charge is 0.256 e. The lowest BCUT2D eigenvalue weighted by Crippen LogP contribution is -2.36. The van der Waals surface area contributed by atoms with E-state index in [1.165, 1.54) is 0 Å². The Balaban J connectivity index is 1.39. The molecule has 0 saturated carbocycles. The second-order valence-electron chi connectivity index (χ2n) is 7.04. The molecule has 0 aliphatic carbocycles. The van der Waals surface area contributed by atoms with Crippen molar-refractivity contribution in [1.82, 2.24) is 0 Å². The zero-order valence-electron chi connectivity index (χ0n) is 15.9. The van der Waals surface area contributed by atoms with Crippen LogP contribution in [0.1, 0.15) is 23.2 Å². The monoisotopic (exact) mass is 398 g/mol. The average molecular weight is 399 g/mol. The molecule has 2 saturated heterocycles. The van der Waals surface area contributed by atoms with Crippen LogP contribution in [0.25, 0.3) is 0 Å². The van der Waals surface area contributed by atoms with E-state index in [0.717, 1.165) is 67.8 Å². The minimum Gasteiger partial charge on any atom is -0.378 e. The summed E-state index contributed by atoms with van der Waals surface area (Å²) in [5, 5.41) is 3.03. The fraction of sp³-hybridized carbons (Fsp3) is 0.409. The summed E-state index contributed by atoms with van der Waals surface area (Å²) in [7, 11) is 0. The molecular formula is C22H26N2O3S.